The molecule has 3 unspecified atom stereocenters. The van der Waals surface area contributed by atoms with Crippen LogP contribution in [0.15, 0.2) is 30.3 Å². The van der Waals surface area contributed by atoms with Gasteiger partial charge in [-0.1, -0.05) is 30.3 Å². The molecule has 2 N–H and O–H groups in total. The summed E-state index contributed by atoms with van der Waals surface area (Å²) in [5.41, 5.74) is 8.10. The number of likely N-dealkylation sites (N-methyl/N-ethyl adjacent to an activating group) is 1. The van der Waals surface area contributed by atoms with Gasteiger partial charge in [0.25, 0.3) is 0 Å². The molecule has 0 aliphatic carbocycles. The summed E-state index contributed by atoms with van der Waals surface area (Å²) in [5, 5.41) is 0. The molecule has 0 spiro atoms. The lowest BCUT2D eigenvalue weighted by atomic mass is 9.79. The minimum Gasteiger partial charge on any atom is -0.326 e. The normalized spacial score (nSPS) is 37.3. The second-order valence-corrected chi connectivity index (χ2v) is 5.75. The fourth-order valence-electron chi connectivity index (χ4n) is 3.87. The van der Waals surface area contributed by atoms with E-state index in [1.54, 1.807) is 0 Å². The number of hydrogen-bond acceptors (Lipinski definition) is 2. The highest BCUT2D eigenvalue weighted by Crippen LogP contribution is 2.44. The number of fused-ring (bicyclic) bond motifs is 2. The lowest BCUT2D eigenvalue weighted by Crippen LogP contribution is -2.61. The number of piperidine rings is 1. The van der Waals surface area contributed by atoms with E-state index in [9.17, 15) is 0 Å². The molecule has 2 heterocycles. The smallest absolute Gasteiger partial charge is 0.0401 e. The Bertz CT molecular complexity index is 389. The fraction of sp³-hybridized carbons (Fsp3) is 0.600. The first-order valence-corrected chi connectivity index (χ1v) is 6.75. The maximum atomic E-state index is 6.45. The average Bonchev–Trinajstić information content (AvgIpc) is 2.55. The van der Waals surface area contributed by atoms with Crippen molar-refractivity contribution in [2.75, 3.05) is 7.05 Å². The third-order valence-electron chi connectivity index (χ3n) is 5.01. The Hall–Kier alpha value is -0.860. The fourth-order valence-corrected chi connectivity index (χ4v) is 3.87. The van der Waals surface area contributed by atoms with Crippen LogP contribution in [0.25, 0.3) is 0 Å². The third-order valence-corrected chi connectivity index (χ3v) is 5.01. The van der Waals surface area contributed by atoms with E-state index in [2.05, 4.69) is 42.3 Å². The maximum Gasteiger partial charge on any atom is 0.0401 e. The SMILES string of the molecule is CN1C2CCC(N)C1(Cc1ccccc1)CC2. The summed E-state index contributed by atoms with van der Waals surface area (Å²) in [6, 6.07) is 11.9. The van der Waals surface area contributed by atoms with Crippen molar-refractivity contribution in [1.82, 2.24) is 4.90 Å². The Morgan fingerprint density at radius 3 is 2.76 bits per heavy atom. The summed E-state index contributed by atoms with van der Waals surface area (Å²) in [5.74, 6) is 0. The van der Waals surface area contributed by atoms with E-state index in [1.165, 1.54) is 31.2 Å². The number of hydrogen-bond donors (Lipinski definition) is 1. The van der Waals surface area contributed by atoms with Gasteiger partial charge in [-0.2, -0.15) is 0 Å². The first-order valence-electron chi connectivity index (χ1n) is 6.75. The van der Waals surface area contributed by atoms with Gasteiger partial charge in [-0.3, -0.25) is 4.90 Å². The zero-order valence-electron chi connectivity index (χ0n) is 10.6. The largest absolute Gasteiger partial charge is 0.326 e. The Morgan fingerprint density at radius 1 is 1.24 bits per heavy atom. The minimum absolute atomic E-state index is 0.226. The second-order valence-electron chi connectivity index (χ2n) is 5.75. The van der Waals surface area contributed by atoms with Crippen molar-refractivity contribution in [2.45, 2.75) is 49.7 Å². The summed E-state index contributed by atoms with van der Waals surface area (Å²) in [7, 11) is 2.28. The molecule has 92 valence electrons. The Kier molecular flexibility index (Phi) is 2.72. The first-order chi connectivity index (χ1) is 8.22. The van der Waals surface area contributed by atoms with Crippen LogP contribution >= 0.6 is 0 Å². The molecule has 2 fully saturated rings. The van der Waals surface area contributed by atoms with Crippen LogP contribution < -0.4 is 5.73 Å². The molecule has 2 bridgehead atoms. The van der Waals surface area contributed by atoms with Gasteiger partial charge < -0.3 is 5.73 Å². The molecule has 3 rings (SSSR count). The number of benzene rings is 1. The minimum atomic E-state index is 0.226. The molecule has 2 nitrogen and oxygen atoms in total. The van der Waals surface area contributed by atoms with E-state index in [0.29, 0.717) is 6.04 Å². The Labute approximate surface area is 104 Å². The summed E-state index contributed by atoms with van der Waals surface area (Å²) < 4.78 is 0. The van der Waals surface area contributed by atoms with Crippen LogP contribution in [0.4, 0.5) is 0 Å². The molecular formula is C15H22N2. The molecule has 1 aromatic carbocycles. The van der Waals surface area contributed by atoms with E-state index in [1.807, 2.05) is 0 Å². The van der Waals surface area contributed by atoms with E-state index in [0.717, 1.165) is 12.5 Å². The Morgan fingerprint density at radius 2 is 2.00 bits per heavy atom. The molecule has 2 aliphatic heterocycles. The molecule has 3 atom stereocenters. The molecule has 1 aromatic rings. The van der Waals surface area contributed by atoms with Gasteiger partial charge in [-0.15, -0.1) is 0 Å². The zero-order chi connectivity index (χ0) is 11.9. The van der Waals surface area contributed by atoms with Crippen LogP contribution in [0.2, 0.25) is 0 Å². The van der Waals surface area contributed by atoms with Gasteiger partial charge in [0.15, 0.2) is 0 Å². The quantitative estimate of drug-likeness (QED) is 0.844. The lowest BCUT2D eigenvalue weighted by molar-refractivity contribution is 0.0617. The molecule has 2 heteroatoms. The van der Waals surface area contributed by atoms with Crippen LogP contribution in [0.3, 0.4) is 0 Å². The molecule has 17 heavy (non-hydrogen) atoms. The van der Waals surface area contributed by atoms with Crippen molar-refractivity contribution in [3.8, 4) is 0 Å². The molecule has 0 radical (unpaired) electrons. The number of rotatable bonds is 2. The van der Waals surface area contributed by atoms with E-state index < -0.39 is 0 Å². The summed E-state index contributed by atoms with van der Waals surface area (Å²) in [6.45, 7) is 0. The Balaban J connectivity index is 1.89. The van der Waals surface area contributed by atoms with Gasteiger partial charge in [-0.25, -0.2) is 0 Å². The van der Waals surface area contributed by atoms with Gasteiger partial charge in [0, 0.05) is 17.6 Å². The molecular weight excluding hydrogens is 208 g/mol. The summed E-state index contributed by atoms with van der Waals surface area (Å²) in [4.78, 5) is 2.58. The van der Waals surface area contributed by atoms with Gasteiger partial charge in [0.1, 0.15) is 0 Å². The predicted molar refractivity (Wildman–Crippen MR) is 70.9 cm³/mol. The molecule has 0 aromatic heterocycles. The van der Waals surface area contributed by atoms with E-state index in [-0.39, 0.29) is 5.54 Å². The average molecular weight is 230 g/mol. The molecule has 0 saturated carbocycles. The van der Waals surface area contributed by atoms with Crippen molar-refractivity contribution >= 4 is 0 Å². The molecule has 2 aliphatic rings. The van der Waals surface area contributed by atoms with Crippen LogP contribution in [0, 0.1) is 0 Å². The monoisotopic (exact) mass is 230 g/mol. The predicted octanol–water partition coefficient (Wildman–Crippen LogP) is 2.18. The van der Waals surface area contributed by atoms with Crippen molar-refractivity contribution in [3.63, 3.8) is 0 Å². The van der Waals surface area contributed by atoms with E-state index in [4.69, 9.17) is 5.73 Å². The van der Waals surface area contributed by atoms with Crippen molar-refractivity contribution in [3.05, 3.63) is 35.9 Å². The van der Waals surface area contributed by atoms with Crippen molar-refractivity contribution in [2.24, 2.45) is 5.73 Å². The summed E-state index contributed by atoms with van der Waals surface area (Å²) >= 11 is 0. The van der Waals surface area contributed by atoms with Crippen LogP contribution in [-0.2, 0) is 6.42 Å². The van der Waals surface area contributed by atoms with Crippen LogP contribution in [0.1, 0.15) is 31.2 Å². The third kappa shape index (κ3) is 1.71. The van der Waals surface area contributed by atoms with Gasteiger partial charge in [0.2, 0.25) is 0 Å². The van der Waals surface area contributed by atoms with Crippen LogP contribution in [-0.4, -0.2) is 29.6 Å². The lowest BCUT2D eigenvalue weighted by Gasteiger charge is -2.47. The highest BCUT2D eigenvalue weighted by Gasteiger charge is 2.50. The number of nitrogens with zero attached hydrogens (tertiary/aromatic N) is 1. The van der Waals surface area contributed by atoms with E-state index >= 15 is 0 Å². The topological polar surface area (TPSA) is 29.3 Å². The zero-order valence-corrected chi connectivity index (χ0v) is 10.6. The van der Waals surface area contributed by atoms with Crippen molar-refractivity contribution in [1.29, 1.82) is 0 Å². The highest BCUT2D eigenvalue weighted by molar-refractivity contribution is 5.22. The molecule has 0 amide bonds. The second kappa shape index (κ2) is 4.11. The molecule has 2 saturated heterocycles. The van der Waals surface area contributed by atoms with Gasteiger partial charge in [-0.05, 0) is 44.7 Å². The summed E-state index contributed by atoms with van der Waals surface area (Å²) in [6.07, 6.45) is 6.19. The maximum absolute atomic E-state index is 6.45. The first kappa shape index (κ1) is 11.2. The number of nitrogens with two attached hydrogens (primary N) is 1. The van der Waals surface area contributed by atoms with Crippen LogP contribution in [0.5, 0.6) is 0 Å². The highest BCUT2D eigenvalue weighted by atomic mass is 15.3. The van der Waals surface area contributed by atoms with Gasteiger partial charge in [0.05, 0.1) is 0 Å². The van der Waals surface area contributed by atoms with Gasteiger partial charge >= 0.3 is 0 Å². The van der Waals surface area contributed by atoms with Crippen molar-refractivity contribution < 1.29 is 0 Å². The standard InChI is InChI=1S/C15H22N2/c1-17-13-7-8-14(16)15(17,10-9-13)11-12-5-3-2-4-6-12/h2-6,13-14H,7-11,16H2,1H3.